The zero-order valence-corrected chi connectivity index (χ0v) is 27.1. The third-order valence-corrected chi connectivity index (χ3v) is 6.32. The van der Waals surface area contributed by atoms with Gasteiger partial charge in [0.1, 0.15) is 11.5 Å². The predicted molar refractivity (Wildman–Crippen MR) is 164 cm³/mol. The zero-order chi connectivity index (χ0) is 26.1. The Morgan fingerprint density at radius 1 is 1.05 bits per heavy atom. The number of carbonyl (C=O) groups is 1. The van der Waals surface area contributed by atoms with Crippen molar-refractivity contribution in [3.8, 4) is 0 Å². The van der Waals surface area contributed by atoms with Gasteiger partial charge >= 0.3 is 5.97 Å². The minimum absolute atomic E-state index is 0. The van der Waals surface area contributed by atoms with Crippen molar-refractivity contribution in [2.75, 3.05) is 13.4 Å². The first-order valence-corrected chi connectivity index (χ1v) is 13.9. The number of nitrogens with one attached hydrogen (secondary N) is 1. The van der Waals surface area contributed by atoms with Gasteiger partial charge in [-0.25, -0.2) is 23.8 Å². The molecule has 5 heterocycles. The Bertz CT molecular complexity index is 1440. The lowest BCUT2D eigenvalue weighted by Gasteiger charge is -1.94. The summed E-state index contributed by atoms with van der Waals surface area (Å²) in [7, 11) is 1.34. The maximum atomic E-state index is 10.8. The summed E-state index contributed by atoms with van der Waals surface area (Å²) in [6.45, 7) is 4.12. The van der Waals surface area contributed by atoms with Gasteiger partial charge in [-0.2, -0.15) is 5.10 Å². The standard InChI is InChI=1S/C11H15N3.C7H6BrN3S.C6H6BrNO2.HI/c1-3-4-5-10-6-11-7-12-9(2)13-14(11)8-10;1-12-7-9-3-6-2-5(8)4-11(6)10-7;1-10-6(9)5-2-4(7)3-8-5;/h6-8H,3-5H2,1-2H3;2-4H,1H3;2-3,8H,1H3;1H. The van der Waals surface area contributed by atoms with Crippen molar-refractivity contribution < 1.29 is 9.53 Å². The van der Waals surface area contributed by atoms with E-state index in [0.29, 0.717) is 5.69 Å². The van der Waals surface area contributed by atoms with E-state index in [0.717, 1.165) is 37.4 Å². The Kier molecular flexibility index (Phi) is 13.0. The van der Waals surface area contributed by atoms with Crippen molar-refractivity contribution >= 4 is 84.6 Å². The van der Waals surface area contributed by atoms with Crippen LogP contribution in [0, 0.1) is 6.92 Å². The van der Waals surface area contributed by atoms with Crippen LogP contribution in [0.15, 0.2) is 63.3 Å². The number of aryl methyl sites for hydroxylation is 2. The van der Waals surface area contributed by atoms with Crippen molar-refractivity contribution in [2.45, 2.75) is 38.3 Å². The molecule has 0 spiro atoms. The average Bonchev–Trinajstić information content (AvgIpc) is 3.59. The summed E-state index contributed by atoms with van der Waals surface area (Å²) < 4.78 is 10.0. The number of halogens is 3. The SMILES string of the molecule is CCCCc1cc2cnc(C)nn2c1.COC(=O)c1cc(Br)c[nH]1.CSc1ncc2cc(Br)cn2n1.I. The molecular formula is C24H28Br2IN7O2S. The molecule has 0 aliphatic rings. The van der Waals surface area contributed by atoms with Gasteiger partial charge in [0.2, 0.25) is 5.16 Å². The highest BCUT2D eigenvalue weighted by atomic mass is 127. The summed E-state index contributed by atoms with van der Waals surface area (Å²) in [6.07, 6.45) is 14.9. The molecule has 0 aliphatic heterocycles. The van der Waals surface area contributed by atoms with E-state index >= 15 is 0 Å². The molecule has 1 N–H and O–H groups in total. The molecule has 198 valence electrons. The highest BCUT2D eigenvalue weighted by Gasteiger charge is 2.05. The number of unbranched alkanes of at least 4 members (excludes halogenated alkanes) is 1. The summed E-state index contributed by atoms with van der Waals surface area (Å²) in [6, 6.07) is 5.80. The van der Waals surface area contributed by atoms with Crippen molar-refractivity contribution in [3.05, 3.63) is 75.2 Å². The molecule has 0 aliphatic carbocycles. The van der Waals surface area contributed by atoms with Crippen LogP contribution >= 0.6 is 67.6 Å². The van der Waals surface area contributed by atoms with Crippen molar-refractivity contribution in [1.82, 2.24) is 34.2 Å². The summed E-state index contributed by atoms with van der Waals surface area (Å²) in [5.41, 5.74) is 3.89. The second-order valence-electron chi connectivity index (χ2n) is 7.62. The number of carbonyl (C=O) groups excluding carboxylic acids is 1. The smallest absolute Gasteiger partial charge is 0.354 e. The van der Waals surface area contributed by atoms with Gasteiger partial charge in [-0.05, 0) is 81.6 Å². The fourth-order valence-corrected chi connectivity index (χ4v) is 4.21. The Morgan fingerprint density at radius 2 is 1.76 bits per heavy atom. The number of hydrogen-bond acceptors (Lipinski definition) is 7. The van der Waals surface area contributed by atoms with Gasteiger partial charge in [0.05, 0.1) is 30.5 Å². The number of methoxy groups -OCH3 is 1. The number of hydrogen-bond donors (Lipinski definition) is 1. The third kappa shape index (κ3) is 9.37. The Labute approximate surface area is 253 Å². The molecule has 0 amide bonds. The lowest BCUT2D eigenvalue weighted by molar-refractivity contribution is 0.0595. The number of esters is 1. The van der Waals surface area contributed by atoms with Gasteiger partial charge in [-0.3, -0.25) is 0 Å². The summed E-state index contributed by atoms with van der Waals surface area (Å²) in [4.78, 5) is 21.8. The first-order valence-electron chi connectivity index (χ1n) is 11.1. The molecule has 0 bridgehead atoms. The normalized spacial score (nSPS) is 10.2. The van der Waals surface area contributed by atoms with Crippen LogP contribution in [-0.4, -0.2) is 53.5 Å². The van der Waals surface area contributed by atoms with Crippen LogP contribution in [0.1, 0.15) is 41.6 Å². The molecule has 0 fully saturated rings. The minimum atomic E-state index is -0.356. The summed E-state index contributed by atoms with van der Waals surface area (Å²) >= 11 is 8.10. The van der Waals surface area contributed by atoms with Crippen LogP contribution < -0.4 is 0 Å². The molecule has 5 aromatic rings. The summed E-state index contributed by atoms with van der Waals surface area (Å²) in [5.74, 6) is 0.459. The van der Waals surface area contributed by atoms with Crippen molar-refractivity contribution in [3.63, 3.8) is 0 Å². The highest BCUT2D eigenvalue weighted by molar-refractivity contribution is 14.0. The van der Waals surface area contributed by atoms with Crippen LogP contribution in [0.25, 0.3) is 11.0 Å². The average molecular weight is 765 g/mol. The highest BCUT2D eigenvalue weighted by Crippen LogP contribution is 2.15. The van der Waals surface area contributed by atoms with Gasteiger partial charge < -0.3 is 9.72 Å². The van der Waals surface area contributed by atoms with Crippen molar-refractivity contribution in [2.24, 2.45) is 0 Å². The Hall–Kier alpha value is -1.97. The van der Waals surface area contributed by atoms with Gasteiger partial charge in [-0.1, -0.05) is 25.1 Å². The quantitative estimate of drug-likeness (QED) is 0.120. The molecule has 0 saturated heterocycles. The maximum Gasteiger partial charge on any atom is 0.354 e. The largest absolute Gasteiger partial charge is 0.464 e. The zero-order valence-electron chi connectivity index (χ0n) is 20.8. The fraction of sp³-hybridized carbons (Fsp3) is 0.292. The van der Waals surface area contributed by atoms with Gasteiger partial charge in [0, 0.05) is 27.5 Å². The number of aromatic nitrogens is 7. The molecule has 0 atom stereocenters. The van der Waals surface area contributed by atoms with Crippen LogP contribution in [0.5, 0.6) is 0 Å². The molecular weight excluding hydrogens is 737 g/mol. The first kappa shape index (κ1) is 31.2. The number of H-pyrrole nitrogens is 1. The molecule has 0 saturated carbocycles. The van der Waals surface area contributed by atoms with E-state index < -0.39 is 0 Å². The molecule has 0 radical (unpaired) electrons. The van der Waals surface area contributed by atoms with E-state index in [9.17, 15) is 4.79 Å². The number of fused-ring (bicyclic) bond motifs is 2. The number of ether oxygens (including phenoxy) is 1. The van der Waals surface area contributed by atoms with Crippen molar-refractivity contribution in [1.29, 1.82) is 0 Å². The third-order valence-electron chi connectivity index (χ3n) is 4.87. The topological polar surface area (TPSA) is 102 Å². The molecule has 37 heavy (non-hydrogen) atoms. The molecule has 13 heteroatoms. The maximum absolute atomic E-state index is 10.8. The lowest BCUT2D eigenvalue weighted by Crippen LogP contribution is -2.00. The number of nitrogens with zero attached hydrogens (tertiary/aromatic N) is 6. The van der Waals surface area contributed by atoms with Crippen LogP contribution in [0.3, 0.4) is 0 Å². The van der Waals surface area contributed by atoms with E-state index in [4.69, 9.17) is 0 Å². The lowest BCUT2D eigenvalue weighted by atomic mass is 10.1. The Morgan fingerprint density at radius 3 is 2.41 bits per heavy atom. The Balaban J connectivity index is 0.000000195. The summed E-state index contributed by atoms with van der Waals surface area (Å²) in [5, 5.41) is 9.35. The second kappa shape index (κ2) is 15.4. The van der Waals surface area contributed by atoms with Crippen LogP contribution in [-0.2, 0) is 11.2 Å². The molecule has 9 nitrogen and oxygen atoms in total. The second-order valence-corrected chi connectivity index (χ2v) is 10.2. The van der Waals surface area contributed by atoms with Crippen LogP contribution in [0.2, 0.25) is 0 Å². The number of aromatic amines is 1. The minimum Gasteiger partial charge on any atom is -0.464 e. The van der Waals surface area contributed by atoms with Gasteiger partial charge in [0.15, 0.2) is 0 Å². The van der Waals surface area contributed by atoms with Gasteiger partial charge in [-0.15, -0.1) is 29.1 Å². The van der Waals surface area contributed by atoms with E-state index in [1.54, 1.807) is 12.3 Å². The fourth-order valence-electron chi connectivity index (χ4n) is 3.11. The van der Waals surface area contributed by atoms with Crippen LogP contribution in [0.4, 0.5) is 0 Å². The molecule has 5 aromatic heterocycles. The van der Waals surface area contributed by atoms with Gasteiger partial charge in [0.25, 0.3) is 0 Å². The van der Waals surface area contributed by atoms with E-state index in [2.05, 4.69) is 80.9 Å². The monoisotopic (exact) mass is 763 g/mol. The number of rotatable bonds is 5. The predicted octanol–water partition coefficient (Wildman–Crippen LogP) is 6.78. The number of thioether (sulfide) groups is 1. The van der Waals surface area contributed by atoms with E-state index in [-0.39, 0.29) is 29.9 Å². The molecule has 0 unspecified atom stereocenters. The van der Waals surface area contributed by atoms with E-state index in [1.165, 1.54) is 37.3 Å². The van der Waals surface area contributed by atoms with E-state index in [1.807, 2.05) is 46.9 Å². The first-order chi connectivity index (χ1) is 17.3. The molecule has 0 aromatic carbocycles. The molecule has 5 rings (SSSR count).